The molecular weight excluding hydrogens is 344 g/mol. The summed E-state index contributed by atoms with van der Waals surface area (Å²) < 4.78 is 3.41. The van der Waals surface area contributed by atoms with E-state index in [0.29, 0.717) is 0 Å². The summed E-state index contributed by atoms with van der Waals surface area (Å²) in [5.41, 5.74) is 0. The van der Waals surface area contributed by atoms with Crippen molar-refractivity contribution in [3.8, 4) is 0 Å². The first-order valence-electron chi connectivity index (χ1n) is 3.88. The van der Waals surface area contributed by atoms with Crippen LogP contribution in [0.2, 0.25) is 0 Å². The Hall–Kier alpha value is -0.100. The van der Waals surface area contributed by atoms with Crippen molar-refractivity contribution < 1.29 is 4.79 Å². The van der Waals surface area contributed by atoms with Crippen LogP contribution in [0.15, 0.2) is 28.7 Å². The van der Waals surface area contributed by atoms with Crippen molar-refractivity contribution in [1.82, 2.24) is 0 Å². The number of hydrogen-bond acceptors (Lipinski definition) is 1. The molecule has 0 aliphatic rings. The molecule has 0 saturated carbocycles. The molecule has 0 bridgehead atoms. The molecule has 0 fully saturated rings. The summed E-state index contributed by atoms with van der Waals surface area (Å²) in [6.45, 7) is 1.65. The molecule has 0 atom stereocenters. The summed E-state index contributed by atoms with van der Waals surface area (Å²) in [5.74, 6) is 0.213. The fourth-order valence-corrected chi connectivity index (χ4v) is 5.64. The summed E-state index contributed by atoms with van der Waals surface area (Å²) in [6, 6.07) is 8.23. The molecule has 66 valence electrons. The third kappa shape index (κ3) is 1.61. The van der Waals surface area contributed by atoms with E-state index in [-0.39, 0.29) is 5.78 Å². The fourth-order valence-electron chi connectivity index (χ4n) is 1.24. The van der Waals surface area contributed by atoms with Gasteiger partial charge in [-0.05, 0) is 0 Å². The summed E-state index contributed by atoms with van der Waals surface area (Å²) in [4.78, 5) is 11.3. The van der Waals surface area contributed by atoms with Crippen molar-refractivity contribution in [1.29, 1.82) is 0 Å². The summed E-state index contributed by atoms with van der Waals surface area (Å²) in [5, 5.41) is 1.22. The molecule has 0 radical (unpaired) electrons. The third-order valence-corrected chi connectivity index (χ3v) is 7.12. The Bertz CT molecular complexity index is 473. The molecule has 1 heterocycles. The number of carbonyl (C=O) groups is 1. The molecule has 0 unspecified atom stereocenters. The summed E-state index contributed by atoms with van der Waals surface area (Å²) in [6.07, 6.45) is 0. The molecule has 1 aromatic carbocycles. The van der Waals surface area contributed by atoms with Crippen molar-refractivity contribution >= 4 is 50.9 Å². The molecule has 13 heavy (non-hydrogen) atoms. The van der Waals surface area contributed by atoms with E-state index in [1.165, 1.54) is 8.79 Å². The van der Waals surface area contributed by atoms with Crippen molar-refractivity contribution in [3.05, 3.63) is 32.3 Å². The Kier molecular flexibility index (Phi) is 2.60. The van der Waals surface area contributed by atoms with Gasteiger partial charge in [0, 0.05) is 0 Å². The zero-order valence-electron chi connectivity index (χ0n) is 7.00. The average molecular weight is 351 g/mol. The van der Waals surface area contributed by atoms with Crippen LogP contribution in [0.3, 0.4) is 0 Å². The van der Waals surface area contributed by atoms with Gasteiger partial charge in [0.05, 0.1) is 0 Å². The topological polar surface area (TPSA) is 17.1 Å². The van der Waals surface area contributed by atoms with Crippen LogP contribution >= 0.6 is 15.9 Å². The van der Waals surface area contributed by atoms with Gasteiger partial charge in [0.2, 0.25) is 0 Å². The molecule has 2 aromatic rings. The first-order valence-corrected chi connectivity index (χ1v) is 7.00. The van der Waals surface area contributed by atoms with E-state index in [0.717, 1.165) is 8.05 Å². The molecule has 0 aliphatic carbocycles. The van der Waals surface area contributed by atoms with Crippen LogP contribution in [0.5, 0.6) is 0 Å². The van der Waals surface area contributed by atoms with Gasteiger partial charge < -0.3 is 0 Å². The molecule has 0 saturated heterocycles. The van der Waals surface area contributed by atoms with Gasteiger partial charge in [-0.25, -0.2) is 0 Å². The van der Waals surface area contributed by atoms with E-state index in [1.807, 2.05) is 12.1 Å². The van der Waals surface area contributed by atoms with E-state index in [1.54, 1.807) is 6.92 Å². The van der Waals surface area contributed by atoms with Gasteiger partial charge in [-0.3, -0.25) is 0 Å². The second-order valence-electron chi connectivity index (χ2n) is 2.80. The molecule has 1 nitrogen and oxygen atoms in total. The number of fused-ring (bicyclic) bond motifs is 1. The van der Waals surface area contributed by atoms with Gasteiger partial charge in [0.25, 0.3) is 0 Å². The van der Waals surface area contributed by atoms with E-state index in [2.05, 4.69) is 28.1 Å². The number of rotatable bonds is 1. The molecule has 0 spiro atoms. The molecule has 0 amide bonds. The molecular formula is C10H7BrOTe. The van der Waals surface area contributed by atoms with Crippen molar-refractivity contribution in [2.75, 3.05) is 0 Å². The van der Waals surface area contributed by atoms with Crippen LogP contribution < -0.4 is 0 Å². The predicted octanol–water partition coefficient (Wildman–Crippen LogP) is 2.86. The van der Waals surface area contributed by atoms with Gasteiger partial charge in [-0.2, -0.15) is 0 Å². The zero-order valence-corrected chi connectivity index (χ0v) is 10.9. The Morgan fingerprint density at radius 2 is 2.08 bits per heavy atom. The molecule has 3 heteroatoms. The predicted molar refractivity (Wildman–Crippen MR) is 58.6 cm³/mol. The first kappa shape index (κ1) is 9.45. The standard InChI is InChI=1S/C10H7BrOTe/c1-6(12)10-9(11)7-4-2-3-5-8(7)13-10/h2-5H,1H3. The van der Waals surface area contributed by atoms with Crippen LogP contribution in [0.1, 0.15) is 15.3 Å². The quantitative estimate of drug-likeness (QED) is 0.571. The second-order valence-corrected chi connectivity index (χ2v) is 6.59. The Labute approximate surface area is 94.5 Å². The number of carbonyl (C=O) groups excluding carboxylic acids is 1. The van der Waals surface area contributed by atoms with Crippen LogP contribution in [0, 0.1) is 0 Å². The molecule has 0 N–H and O–H groups in total. The molecule has 1 aromatic heterocycles. The Balaban J connectivity index is 2.81. The number of hydrogen-bond donors (Lipinski definition) is 0. The van der Waals surface area contributed by atoms with Crippen LogP contribution in [-0.4, -0.2) is 26.2 Å². The van der Waals surface area contributed by atoms with Gasteiger partial charge in [-0.15, -0.1) is 0 Å². The fraction of sp³-hybridized carbons (Fsp3) is 0.100. The molecule has 2 rings (SSSR count). The molecule has 0 aliphatic heterocycles. The van der Waals surface area contributed by atoms with Crippen LogP contribution in [-0.2, 0) is 0 Å². The van der Waals surface area contributed by atoms with Crippen molar-refractivity contribution in [2.24, 2.45) is 0 Å². The van der Waals surface area contributed by atoms with E-state index in [4.69, 9.17) is 0 Å². The van der Waals surface area contributed by atoms with Gasteiger partial charge in [0.15, 0.2) is 0 Å². The minimum absolute atomic E-state index is 0.213. The Morgan fingerprint density at radius 3 is 2.69 bits per heavy atom. The maximum absolute atomic E-state index is 11.3. The van der Waals surface area contributed by atoms with Gasteiger partial charge in [-0.1, -0.05) is 0 Å². The van der Waals surface area contributed by atoms with Crippen LogP contribution in [0.25, 0.3) is 8.79 Å². The number of Topliss-reactive ketones (excluding diaryl/α,β-unsaturated/α-hetero) is 1. The minimum atomic E-state index is -0.424. The number of benzene rings is 1. The monoisotopic (exact) mass is 352 g/mol. The third-order valence-electron chi connectivity index (χ3n) is 1.85. The maximum atomic E-state index is 11.3. The summed E-state index contributed by atoms with van der Waals surface area (Å²) >= 11 is 3.07. The van der Waals surface area contributed by atoms with E-state index >= 15 is 0 Å². The zero-order chi connectivity index (χ0) is 9.42. The number of halogens is 1. The number of ketones is 1. The van der Waals surface area contributed by atoms with Gasteiger partial charge in [0.1, 0.15) is 0 Å². The first-order chi connectivity index (χ1) is 6.20. The normalized spacial score (nSPS) is 10.6. The van der Waals surface area contributed by atoms with Gasteiger partial charge >= 0.3 is 95.0 Å². The van der Waals surface area contributed by atoms with Crippen molar-refractivity contribution in [3.63, 3.8) is 0 Å². The van der Waals surface area contributed by atoms with E-state index in [9.17, 15) is 4.79 Å². The van der Waals surface area contributed by atoms with Crippen molar-refractivity contribution in [2.45, 2.75) is 6.92 Å². The van der Waals surface area contributed by atoms with Crippen LogP contribution in [0.4, 0.5) is 0 Å². The summed E-state index contributed by atoms with van der Waals surface area (Å²) in [7, 11) is 0. The Morgan fingerprint density at radius 1 is 1.38 bits per heavy atom. The average Bonchev–Trinajstić information content (AvgIpc) is 2.45. The second kappa shape index (κ2) is 3.57. The SMILES string of the molecule is CC(=O)c1[te]c2ccccc2c1Br. The van der Waals surface area contributed by atoms with E-state index < -0.39 is 20.4 Å².